The van der Waals surface area contributed by atoms with E-state index >= 15 is 0 Å². The van der Waals surface area contributed by atoms with Crippen molar-refractivity contribution in [1.29, 1.82) is 0 Å². The number of carbonyl (C=O) groups excluding carboxylic acids is 2. The Bertz CT molecular complexity index is 882. The van der Waals surface area contributed by atoms with Gasteiger partial charge in [0.05, 0.1) is 13.2 Å². The molecule has 1 saturated carbocycles. The highest BCUT2D eigenvalue weighted by Crippen LogP contribution is 2.32. The molecule has 2 fully saturated rings. The van der Waals surface area contributed by atoms with Crippen LogP contribution in [0.25, 0.3) is 11.1 Å². The Labute approximate surface area is 171 Å². The van der Waals surface area contributed by atoms with Crippen molar-refractivity contribution in [1.82, 2.24) is 15.2 Å². The van der Waals surface area contributed by atoms with Crippen LogP contribution in [0.15, 0.2) is 48.8 Å². The van der Waals surface area contributed by atoms with Gasteiger partial charge in [-0.05, 0) is 35.6 Å². The van der Waals surface area contributed by atoms with Gasteiger partial charge in [-0.25, -0.2) is 0 Å². The topological polar surface area (TPSA) is 71.5 Å². The van der Waals surface area contributed by atoms with Crippen LogP contribution in [0.3, 0.4) is 0 Å². The third-order valence-electron chi connectivity index (χ3n) is 6.00. The minimum atomic E-state index is -1.07. The highest BCUT2D eigenvalue weighted by Gasteiger charge is 2.45. The number of ether oxygens (including phenoxy) is 1. The van der Waals surface area contributed by atoms with E-state index < -0.39 is 5.60 Å². The summed E-state index contributed by atoms with van der Waals surface area (Å²) in [6, 6.07) is 12.0. The van der Waals surface area contributed by atoms with Gasteiger partial charge in [-0.3, -0.25) is 14.6 Å². The molecule has 1 N–H and O–H groups in total. The third kappa shape index (κ3) is 4.03. The Balaban J connectivity index is 1.59. The lowest BCUT2D eigenvalue weighted by Gasteiger charge is -2.43. The fourth-order valence-corrected chi connectivity index (χ4v) is 4.16. The maximum Gasteiger partial charge on any atom is 0.254 e. The van der Waals surface area contributed by atoms with Crippen molar-refractivity contribution in [3.63, 3.8) is 0 Å². The van der Waals surface area contributed by atoms with Crippen LogP contribution in [0, 0.1) is 5.92 Å². The molecule has 1 aromatic heterocycles. The molecule has 6 nitrogen and oxygen atoms in total. The summed E-state index contributed by atoms with van der Waals surface area (Å²) in [6.45, 7) is 1.21. The monoisotopic (exact) mass is 393 g/mol. The third-order valence-corrected chi connectivity index (χ3v) is 6.00. The Morgan fingerprint density at radius 3 is 2.76 bits per heavy atom. The van der Waals surface area contributed by atoms with Gasteiger partial charge in [0.15, 0.2) is 5.60 Å². The zero-order valence-electron chi connectivity index (χ0n) is 16.8. The average Bonchev–Trinajstić information content (AvgIpc) is 2.73. The number of hydrogen-bond donors (Lipinski definition) is 1. The Hall–Kier alpha value is -2.73. The van der Waals surface area contributed by atoms with Crippen LogP contribution in [-0.4, -0.2) is 54.0 Å². The molecule has 2 aromatic rings. The van der Waals surface area contributed by atoms with Crippen LogP contribution in [0.4, 0.5) is 0 Å². The second kappa shape index (κ2) is 8.33. The number of pyridine rings is 1. The first-order valence-corrected chi connectivity index (χ1v) is 10.3. The first-order valence-electron chi connectivity index (χ1n) is 10.3. The molecular formula is C23H27N3O3. The van der Waals surface area contributed by atoms with Gasteiger partial charge >= 0.3 is 0 Å². The minimum absolute atomic E-state index is 0.115. The molecule has 6 heteroatoms. The first-order chi connectivity index (χ1) is 14.1. The molecular weight excluding hydrogens is 366 g/mol. The first kappa shape index (κ1) is 19.6. The lowest BCUT2D eigenvalue weighted by atomic mass is 9.83. The van der Waals surface area contributed by atoms with Crippen LogP contribution in [0.5, 0.6) is 0 Å². The van der Waals surface area contributed by atoms with Crippen LogP contribution < -0.4 is 5.32 Å². The van der Waals surface area contributed by atoms with Crippen LogP contribution in [0.2, 0.25) is 0 Å². The fraction of sp³-hybridized carbons (Fsp3) is 0.435. The van der Waals surface area contributed by atoms with Gasteiger partial charge in [0, 0.05) is 38.3 Å². The largest absolute Gasteiger partial charge is 0.361 e. The highest BCUT2D eigenvalue weighted by molar-refractivity contribution is 5.87. The number of carbonyl (C=O) groups is 2. The summed E-state index contributed by atoms with van der Waals surface area (Å²) in [5, 5.41) is 2.75. The van der Waals surface area contributed by atoms with Gasteiger partial charge in [-0.15, -0.1) is 0 Å². The van der Waals surface area contributed by atoms with Gasteiger partial charge in [-0.1, -0.05) is 36.8 Å². The number of aromatic nitrogens is 1. The molecule has 0 spiro atoms. The van der Waals surface area contributed by atoms with E-state index in [1.165, 1.54) is 0 Å². The molecule has 1 aromatic carbocycles. The molecule has 2 amide bonds. The van der Waals surface area contributed by atoms with Crippen molar-refractivity contribution >= 4 is 11.8 Å². The molecule has 0 radical (unpaired) electrons. The summed E-state index contributed by atoms with van der Waals surface area (Å²) in [7, 11) is 1.62. The van der Waals surface area contributed by atoms with Crippen molar-refractivity contribution in [2.75, 3.05) is 26.7 Å². The maximum absolute atomic E-state index is 12.9. The van der Waals surface area contributed by atoms with Gasteiger partial charge in [0.1, 0.15) is 0 Å². The highest BCUT2D eigenvalue weighted by atomic mass is 16.5. The Morgan fingerprint density at radius 1 is 1.24 bits per heavy atom. The summed E-state index contributed by atoms with van der Waals surface area (Å²) in [5.41, 5.74) is 1.99. The van der Waals surface area contributed by atoms with Crippen molar-refractivity contribution in [2.24, 2.45) is 5.92 Å². The van der Waals surface area contributed by atoms with Crippen molar-refractivity contribution in [3.05, 3.63) is 54.4 Å². The van der Waals surface area contributed by atoms with E-state index in [0.717, 1.165) is 36.0 Å². The Morgan fingerprint density at radius 2 is 2.07 bits per heavy atom. The molecule has 1 atom stereocenters. The van der Waals surface area contributed by atoms with E-state index in [1.54, 1.807) is 13.2 Å². The normalized spacial score (nSPS) is 22.0. The number of rotatable bonds is 5. The van der Waals surface area contributed by atoms with E-state index in [4.69, 9.17) is 4.74 Å². The van der Waals surface area contributed by atoms with Gasteiger partial charge < -0.3 is 15.0 Å². The molecule has 4 rings (SSSR count). The molecule has 0 bridgehead atoms. The summed E-state index contributed by atoms with van der Waals surface area (Å²) in [4.78, 5) is 31.7. The summed E-state index contributed by atoms with van der Waals surface area (Å²) in [5.74, 6) is 0.0942. The van der Waals surface area contributed by atoms with Crippen molar-refractivity contribution < 1.29 is 14.3 Å². The minimum Gasteiger partial charge on any atom is -0.361 e. The summed E-state index contributed by atoms with van der Waals surface area (Å²) < 4.78 is 6.06. The molecule has 1 saturated heterocycles. The molecule has 1 aliphatic heterocycles. The number of nitrogens with zero attached hydrogens (tertiary/aromatic N) is 2. The van der Waals surface area contributed by atoms with E-state index in [-0.39, 0.29) is 17.7 Å². The average molecular weight is 393 g/mol. The molecule has 0 unspecified atom stereocenters. The number of benzene rings is 1. The molecule has 2 heterocycles. The molecule has 152 valence electrons. The fourth-order valence-electron chi connectivity index (χ4n) is 4.16. The lowest BCUT2D eigenvalue weighted by molar-refractivity contribution is -0.168. The molecule has 1 aliphatic carbocycles. The second-order valence-electron chi connectivity index (χ2n) is 7.93. The number of nitrogens with one attached hydrogen (secondary N) is 1. The quantitative estimate of drug-likeness (QED) is 0.847. The predicted molar refractivity (Wildman–Crippen MR) is 110 cm³/mol. The van der Waals surface area contributed by atoms with Crippen molar-refractivity contribution in [3.8, 4) is 11.1 Å². The van der Waals surface area contributed by atoms with Crippen LogP contribution in [-0.2, 0) is 20.7 Å². The van der Waals surface area contributed by atoms with Gasteiger partial charge in [-0.2, -0.15) is 0 Å². The van der Waals surface area contributed by atoms with Crippen molar-refractivity contribution in [2.45, 2.75) is 31.3 Å². The molecule has 2 aliphatic rings. The lowest BCUT2D eigenvalue weighted by Crippen LogP contribution is -2.62. The van der Waals surface area contributed by atoms with E-state index in [1.807, 2.05) is 41.4 Å². The summed E-state index contributed by atoms with van der Waals surface area (Å²) in [6.07, 6.45) is 7.01. The number of hydrogen-bond acceptors (Lipinski definition) is 4. The Kier molecular flexibility index (Phi) is 5.62. The van der Waals surface area contributed by atoms with Gasteiger partial charge in [0.2, 0.25) is 5.91 Å². The smallest absolute Gasteiger partial charge is 0.254 e. The number of amides is 2. The number of morpholine rings is 1. The summed E-state index contributed by atoms with van der Waals surface area (Å²) >= 11 is 0. The predicted octanol–water partition coefficient (Wildman–Crippen LogP) is 2.43. The maximum atomic E-state index is 12.9. The standard InChI is InChI=1S/C23H27N3O3/c1-24-22(28)23(16-26(11-12-29-23)21(27)18-6-3-7-18)14-17-5-2-8-19(13-17)20-9-4-10-25-15-20/h2,4-5,8-10,13,15,18H,3,6-7,11-12,14,16H2,1H3,(H,24,28)/t23-/m0/s1. The van der Waals surface area contributed by atoms with Gasteiger partial charge in [0.25, 0.3) is 5.91 Å². The number of likely N-dealkylation sites (N-methyl/N-ethyl adjacent to an activating group) is 1. The molecule has 29 heavy (non-hydrogen) atoms. The zero-order valence-corrected chi connectivity index (χ0v) is 16.8. The van der Waals surface area contributed by atoms with E-state index in [2.05, 4.69) is 16.4 Å². The van der Waals surface area contributed by atoms with Crippen LogP contribution >= 0.6 is 0 Å². The van der Waals surface area contributed by atoms with E-state index in [9.17, 15) is 9.59 Å². The zero-order chi connectivity index (χ0) is 20.3. The van der Waals surface area contributed by atoms with E-state index in [0.29, 0.717) is 26.1 Å². The second-order valence-corrected chi connectivity index (χ2v) is 7.93. The SMILES string of the molecule is CNC(=O)[C@]1(Cc2cccc(-c3cccnc3)c2)CN(C(=O)C2CCC2)CCO1. The van der Waals surface area contributed by atoms with Crippen LogP contribution in [0.1, 0.15) is 24.8 Å².